The lowest BCUT2D eigenvalue weighted by molar-refractivity contribution is 0.827. The van der Waals surface area contributed by atoms with Crippen LogP contribution in [0.5, 0.6) is 0 Å². The van der Waals surface area contributed by atoms with Gasteiger partial charge in [0.25, 0.3) is 5.56 Å². The van der Waals surface area contributed by atoms with Crippen molar-refractivity contribution in [2.75, 3.05) is 5.73 Å². The second-order valence-electron chi connectivity index (χ2n) is 6.56. The molecule has 0 amide bonds. The summed E-state index contributed by atoms with van der Waals surface area (Å²) in [6.45, 7) is 1.93. The minimum Gasteiger partial charge on any atom is -0.399 e. The molecule has 2 aliphatic rings. The summed E-state index contributed by atoms with van der Waals surface area (Å²) in [5.41, 5.74) is 8.60. The molecule has 2 aliphatic heterocycles. The number of aromatic amines is 1. The first-order chi connectivity index (χ1) is 13.9. The molecule has 0 saturated carbocycles. The summed E-state index contributed by atoms with van der Waals surface area (Å²) in [7, 11) is 0. The van der Waals surface area contributed by atoms with E-state index in [4.69, 9.17) is 40.5 Å². The lowest BCUT2D eigenvalue weighted by Gasteiger charge is -2.11. The van der Waals surface area contributed by atoms with E-state index in [0.29, 0.717) is 62.2 Å². The lowest BCUT2D eigenvalue weighted by atomic mass is 10.1. The molecule has 0 aromatic heterocycles. The quantitative estimate of drug-likeness (QED) is 0.441. The van der Waals surface area contributed by atoms with Gasteiger partial charge in [-0.2, -0.15) is 4.98 Å². The Hall–Kier alpha value is -2.54. The third-order valence-corrected chi connectivity index (χ3v) is 5.33. The van der Waals surface area contributed by atoms with Crippen LogP contribution in [0.25, 0.3) is 17.1 Å². The van der Waals surface area contributed by atoms with Gasteiger partial charge < -0.3 is 5.73 Å². The Balaban J connectivity index is 1.92. The number of nitrogens with two attached hydrogens (primary N) is 1. The molecule has 29 heavy (non-hydrogen) atoms. The predicted octanol–water partition coefficient (Wildman–Crippen LogP) is 4.76. The molecular weight excluding hydrogens is 433 g/mol. The first-order valence-corrected chi connectivity index (χ1v) is 10.0. The monoisotopic (exact) mass is 447 g/mol. The van der Waals surface area contributed by atoms with Crippen LogP contribution in [0.15, 0.2) is 41.2 Å². The highest BCUT2D eigenvalue weighted by Crippen LogP contribution is 2.35. The maximum absolute atomic E-state index is 12.8. The van der Waals surface area contributed by atoms with Crippen molar-refractivity contribution in [2.45, 2.75) is 19.8 Å². The number of anilines is 1. The average Bonchev–Trinajstić information content (AvgIpc) is 3.00. The number of rotatable bonds is 4. The van der Waals surface area contributed by atoms with Crippen LogP contribution in [-0.4, -0.2) is 19.7 Å². The molecule has 3 N–H and O–H groups in total. The zero-order valence-electron chi connectivity index (χ0n) is 15.3. The van der Waals surface area contributed by atoms with Crippen LogP contribution in [0, 0.1) is 0 Å². The second kappa shape index (κ2) is 7.71. The fourth-order valence-corrected chi connectivity index (χ4v) is 4.26. The van der Waals surface area contributed by atoms with Gasteiger partial charge >= 0.3 is 0 Å². The molecule has 0 saturated heterocycles. The van der Waals surface area contributed by atoms with Gasteiger partial charge in [0, 0.05) is 22.8 Å². The standard InChI is InChI=1S/C20H16Cl3N5O/c1-2-15-17-19(28(27-15)18-13(22)8-11(21)9-14(18)23)25-16(26-20(17)29)7-10-4-3-5-12(24)6-10/h3-6,8-9,27H,2,7,24H2,1H3. The Morgan fingerprint density at radius 3 is 2.48 bits per heavy atom. The summed E-state index contributed by atoms with van der Waals surface area (Å²) in [6.07, 6.45) is 0.949. The Morgan fingerprint density at radius 1 is 1.10 bits per heavy atom. The molecule has 9 heteroatoms. The van der Waals surface area contributed by atoms with E-state index in [1.54, 1.807) is 22.9 Å². The van der Waals surface area contributed by atoms with Gasteiger partial charge in [0.05, 0.1) is 10.0 Å². The number of nitrogens with zero attached hydrogens (tertiary/aromatic N) is 3. The molecule has 0 unspecified atom stereocenters. The molecule has 0 bridgehead atoms. The van der Waals surface area contributed by atoms with E-state index in [2.05, 4.69) is 15.1 Å². The summed E-state index contributed by atoms with van der Waals surface area (Å²) < 4.78 is 1.61. The molecule has 6 nitrogen and oxygen atoms in total. The van der Waals surface area contributed by atoms with E-state index in [-0.39, 0.29) is 5.56 Å². The maximum Gasteiger partial charge on any atom is 0.284 e. The fraction of sp³-hybridized carbons (Fsp3) is 0.150. The van der Waals surface area contributed by atoms with Gasteiger partial charge in [-0.05, 0) is 36.2 Å². The molecule has 2 heterocycles. The number of H-pyrrole nitrogens is 1. The Morgan fingerprint density at radius 2 is 1.83 bits per heavy atom. The van der Waals surface area contributed by atoms with E-state index in [9.17, 15) is 4.79 Å². The van der Waals surface area contributed by atoms with Crippen LogP contribution in [0.2, 0.25) is 15.1 Å². The van der Waals surface area contributed by atoms with Gasteiger partial charge in [-0.25, -0.2) is 9.67 Å². The second-order valence-corrected chi connectivity index (χ2v) is 7.81. The van der Waals surface area contributed by atoms with Gasteiger partial charge in [0.15, 0.2) is 5.82 Å². The molecule has 0 atom stereocenters. The van der Waals surface area contributed by atoms with Crippen LogP contribution >= 0.6 is 34.8 Å². The van der Waals surface area contributed by atoms with E-state index >= 15 is 0 Å². The smallest absolute Gasteiger partial charge is 0.284 e. The van der Waals surface area contributed by atoms with Crippen LogP contribution in [0.1, 0.15) is 24.0 Å². The SMILES string of the molecule is CCc1[nH]n(-c2c(Cl)cc(Cl)cc2Cl)c2nc(Cc3cccc(N)c3)nc(=O)c1-2. The largest absolute Gasteiger partial charge is 0.399 e. The number of aromatic nitrogens is 4. The normalized spacial score (nSPS) is 11.3. The van der Waals surface area contributed by atoms with Gasteiger partial charge in [-0.15, -0.1) is 0 Å². The topological polar surface area (TPSA) is 89.6 Å². The van der Waals surface area contributed by atoms with Crippen molar-refractivity contribution < 1.29 is 0 Å². The van der Waals surface area contributed by atoms with Crippen molar-refractivity contribution in [1.82, 2.24) is 19.7 Å². The van der Waals surface area contributed by atoms with E-state index in [1.807, 2.05) is 25.1 Å². The predicted molar refractivity (Wildman–Crippen MR) is 117 cm³/mol. The van der Waals surface area contributed by atoms with Crippen molar-refractivity contribution in [2.24, 2.45) is 0 Å². The van der Waals surface area contributed by atoms with E-state index in [0.717, 1.165) is 5.56 Å². The van der Waals surface area contributed by atoms with Gasteiger partial charge in [0.1, 0.15) is 17.1 Å². The van der Waals surface area contributed by atoms with Gasteiger partial charge in [-0.3, -0.25) is 9.89 Å². The molecule has 0 aliphatic carbocycles. The van der Waals surface area contributed by atoms with Gasteiger partial charge in [0.2, 0.25) is 0 Å². The van der Waals surface area contributed by atoms with Crippen molar-refractivity contribution in [1.29, 1.82) is 0 Å². The molecule has 2 aromatic rings. The van der Waals surface area contributed by atoms with Crippen molar-refractivity contribution in [3.63, 3.8) is 0 Å². The number of aryl methyl sites for hydroxylation is 1. The molecule has 0 fully saturated rings. The van der Waals surface area contributed by atoms with Crippen LogP contribution in [0.4, 0.5) is 5.69 Å². The van der Waals surface area contributed by atoms with Crippen LogP contribution < -0.4 is 11.3 Å². The van der Waals surface area contributed by atoms with Crippen LogP contribution in [0.3, 0.4) is 0 Å². The number of hydrogen-bond acceptors (Lipinski definition) is 4. The third kappa shape index (κ3) is 3.71. The summed E-state index contributed by atoms with van der Waals surface area (Å²) in [4.78, 5) is 21.6. The Labute approximate surface area is 181 Å². The summed E-state index contributed by atoms with van der Waals surface area (Å²) in [5, 5.41) is 4.26. The molecule has 0 radical (unpaired) electrons. The van der Waals surface area contributed by atoms with Gasteiger partial charge in [-0.1, -0.05) is 53.9 Å². The first-order valence-electron chi connectivity index (χ1n) is 8.87. The fourth-order valence-electron chi connectivity index (χ4n) is 3.27. The summed E-state index contributed by atoms with van der Waals surface area (Å²) >= 11 is 18.8. The average molecular weight is 449 g/mol. The Kier molecular flexibility index (Phi) is 5.25. The molecule has 148 valence electrons. The third-order valence-electron chi connectivity index (χ3n) is 4.54. The molecular formula is C20H16Cl3N5O. The number of halogens is 3. The van der Waals surface area contributed by atoms with E-state index in [1.165, 1.54) is 0 Å². The number of fused-ring (bicyclic) bond motifs is 1. The molecule has 0 spiro atoms. The highest BCUT2D eigenvalue weighted by Gasteiger charge is 2.25. The highest BCUT2D eigenvalue weighted by atomic mass is 35.5. The van der Waals surface area contributed by atoms with Crippen molar-refractivity contribution in [3.05, 3.63) is 78.9 Å². The zero-order chi connectivity index (χ0) is 20.7. The first kappa shape index (κ1) is 19.8. The van der Waals surface area contributed by atoms with Crippen molar-refractivity contribution in [3.8, 4) is 17.1 Å². The summed E-state index contributed by atoms with van der Waals surface area (Å²) in [6, 6.07) is 10.5. The zero-order valence-corrected chi connectivity index (χ0v) is 17.6. The van der Waals surface area contributed by atoms with Crippen molar-refractivity contribution >= 4 is 40.5 Å². The maximum atomic E-state index is 12.8. The minimum absolute atomic E-state index is 0.335. The molecule has 2 aromatic carbocycles. The van der Waals surface area contributed by atoms with E-state index < -0.39 is 0 Å². The number of benzene rings is 2. The Bertz CT molecular complexity index is 1220. The number of nitrogen functional groups attached to an aromatic ring is 1. The number of hydrogen-bond donors (Lipinski definition) is 2. The summed E-state index contributed by atoms with van der Waals surface area (Å²) in [5.74, 6) is 0.789. The lowest BCUT2D eigenvalue weighted by Crippen LogP contribution is -2.17. The number of nitrogens with one attached hydrogen (secondary N) is 1. The van der Waals surface area contributed by atoms with Crippen LogP contribution in [-0.2, 0) is 12.8 Å². The minimum atomic E-state index is -0.359. The highest BCUT2D eigenvalue weighted by molar-refractivity contribution is 6.40. The molecule has 4 rings (SSSR count).